The largest absolute Gasteiger partial charge is 0.506 e. The summed E-state index contributed by atoms with van der Waals surface area (Å²) in [7, 11) is 0. The molecule has 0 aliphatic rings. The maximum Gasteiger partial charge on any atom is 0.179 e. The first-order chi connectivity index (χ1) is 9.67. The smallest absolute Gasteiger partial charge is 0.179 e. The number of nitrogens with zero attached hydrogens (tertiary/aromatic N) is 5. The molecule has 0 bridgehead atoms. The molecule has 3 rings (SSSR count). The predicted octanol–water partition coefficient (Wildman–Crippen LogP) is 1.03. The fourth-order valence-electron chi connectivity index (χ4n) is 1.75. The lowest BCUT2D eigenvalue weighted by molar-refractivity contribution is 0.473. The Morgan fingerprint density at radius 1 is 1.30 bits per heavy atom. The highest BCUT2D eigenvalue weighted by atomic mass is 16.3. The third kappa shape index (κ3) is 1.93. The maximum absolute atomic E-state index is 9.20. The summed E-state index contributed by atoms with van der Waals surface area (Å²) in [5.74, 6) is 0.826. The molecule has 8 nitrogen and oxygen atoms in total. The Hall–Kier alpha value is -3.34. The van der Waals surface area contributed by atoms with Gasteiger partial charge in [-0.1, -0.05) is 0 Å². The van der Waals surface area contributed by atoms with Crippen LogP contribution in [0.15, 0.2) is 30.6 Å². The summed E-state index contributed by atoms with van der Waals surface area (Å²) in [6.45, 7) is 0. The van der Waals surface area contributed by atoms with Crippen molar-refractivity contribution in [1.82, 2.24) is 19.6 Å². The molecule has 20 heavy (non-hydrogen) atoms. The average molecular weight is 267 g/mol. The zero-order valence-corrected chi connectivity index (χ0v) is 10.1. The van der Waals surface area contributed by atoms with Crippen LogP contribution in [0.4, 0.5) is 17.3 Å². The van der Waals surface area contributed by atoms with Crippen molar-refractivity contribution in [2.24, 2.45) is 0 Å². The Bertz CT molecular complexity index is 816. The molecule has 0 fully saturated rings. The Morgan fingerprint density at radius 2 is 2.15 bits per heavy atom. The van der Waals surface area contributed by atoms with Crippen LogP contribution in [0.5, 0.6) is 5.75 Å². The van der Waals surface area contributed by atoms with Gasteiger partial charge in [0.1, 0.15) is 23.5 Å². The van der Waals surface area contributed by atoms with Gasteiger partial charge in [0, 0.05) is 6.07 Å². The highest BCUT2D eigenvalue weighted by molar-refractivity contribution is 5.75. The zero-order valence-electron chi connectivity index (χ0n) is 10.1. The second kappa shape index (κ2) is 4.40. The van der Waals surface area contributed by atoms with E-state index >= 15 is 0 Å². The molecule has 4 N–H and O–H groups in total. The van der Waals surface area contributed by atoms with E-state index in [-0.39, 0.29) is 17.3 Å². The van der Waals surface area contributed by atoms with Crippen molar-refractivity contribution in [2.75, 3.05) is 11.1 Å². The first kappa shape index (κ1) is 11.7. The van der Waals surface area contributed by atoms with Gasteiger partial charge in [-0.2, -0.15) is 9.78 Å². The predicted molar refractivity (Wildman–Crippen MR) is 71.3 cm³/mol. The van der Waals surface area contributed by atoms with Crippen molar-refractivity contribution in [3.05, 3.63) is 36.3 Å². The van der Waals surface area contributed by atoms with E-state index in [0.717, 1.165) is 0 Å². The highest BCUT2D eigenvalue weighted by Gasteiger charge is 2.10. The van der Waals surface area contributed by atoms with E-state index in [0.29, 0.717) is 17.2 Å². The molecule has 0 radical (unpaired) electrons. The molecule has 3 aromatic heterocycles. The van der Waals surface area contributed by atoms with Gasteiger partial charge in [0.15, 0.2) is 11.3 Å². The SMILES string of the molecule is N#Cc1cnc2c(Nc3ccc(O)cn3)cc(N)nn12. The molecule has 0 aliphatic heterocycles. The van der Waals surface area contributed by atoms with Gasteiger partial charge in [-0.15, -0.1) is 5.10 Å². The standard InChI is InChI=1S/C12H9N7O/c13-4-7-5-16-12-9(3-10(14)18-19(7)12)17-11-2-1-8(20)6-15-11/h1-3,5-6,20H,(H2,14,18)(H,15,17). The van der Waals surface area contributed by atoms with Crippen LogP contribution in [0.3, 0.4) is 0 Å². The van der Waals surface area contributed by atoms with Crippen LogP contribution in [-0.4, -0.2) is 24.7 Å². The Balaban J connectivity index is 2.09. The van der Waals surface area contributed by atoms with Crippen LogP contribution in [0, 0.1) is 11.3 Å². The first-order valence-electron chi connectivity index (χ1n) is 5.64. The van der Waals surface area contributed by atoms with Crippen molar-refractivity contribution >= 4 is 23.0 Å². The van der Waals surface area contributed by atoms with E-state index in [4.69, 9.17) is 11.0 Å². The number of aromatic hydroxyl groups is 1. The summed E-state index contributed by atoms with van der Waals surface area (Å²) in [4.78, 5) is 8.14. The van der Waals surface area contributed by atoms with Crippen molar-refractivity contribution in [1.29, 1.82) is 5.26 Å². The molecule has 0 spiro atoms. The molecule has 0 aromatic carbocycles. The molecule has 8 heteroatoms. The Kier molecular flexibility index (Phi) is 2.58. The van der Waals surface area contributed by atoms with E-state index in [1.54, 1.807) is 12.1 Å². The fourth-order valence-corrected chi connectivity index (χ4v) is 1.75. The number of nitrogens with two attached hydrogens (primary N) is 1. The number of imidazole rings is 1. The topological polar surface area (TPSA) is 125 Å². The van der Waals surface area contributed by atoms with Crippen LogP contribution in [0.2, 0.25) is 0 Å². The average Bonchev–Trinajstić information content (AvgIpc) is 2.84. The molecule has 3 aromatic rings. The van der Waals surface area contributed by atoms with Crippen LogP contribution >= 0.6 is 0 Å². The monoisotopic (exact) mass is 267 g/mol. The minimum absolute atomic E-state index is 0.0718. The van der Waals surface area contributed by atoms with Crippen LogP contribution in [-0.2, 0) is 0 Å². The lowest BCUT2D eigenvalue weighted by atomic mass is 10.4. The van der Waals surface area contributed by atoms with Crippen LogP contribution in [0.25, 0.3) is 5.65 Å². The van der Waals surface area contributed by atoms with Gasteiger partial charge in [-0.05, 0) is 12.1 Å². The van der Waals surface area contributed by atoms with Gasteiger partial charge in [0.25, 0.3) is 0 Å². The molecule has 0 atom stereocenters. The van der Waals surface area contributed by atoms with Crippen molar-refractivity contribution in [3.63, 3.8) is 0 Å². The number of hydrogen-bond acceptors (Lipinski definition) is 7. The lowest BCUT2D eigenvalue weighted by Crippen LogP contribution is -2.04. The first-order valence-corrected chi connectivity index (χ1v) is 5.64. The van der Waals surface area contributed by atoms with Crippen LogP contribution in [0.1, 0.15) is 5.69 Å². The number of hydrogen-bond donors (Lipinski definition) is 3. The highest BCUT2D eigenvalue weighted by Crippen LogP contribution is 2.22. The number of fused-ring (bicyclic) bond motifs is 1. The maximum atomic E-state index is 9.20. The Morgan fingerprint density at radius 3 is 2.85 bits per heavy atom. The van der Waals surface area contributed by atoms with E-state index in [1.807, 2.05) is 6.07 Å². The number of nitrogens with one attached hydrogen (secondary N) is 1. The summed E-state index contributed by atoms with van der Waals surface area (Å²) < 4.78 is 1.36. The molecule has 0 aliphatic carbocycles. The van der Waals surface area contributed by atoms with Gasteiger partial charge >= 0.3 is 0 Å². The number of aromatic nitrogens is 4. The number of pyridine rings is 1. The normalized spacial score (nSPS) is 10.3. The Labute approximate surface area is 113 Å². The van der Waals surface area contributed by atoms with Crippen LogP contribution < -0.4 is 11.1 Å². The summed E-state index contributed by atoms with van der Waals surface area (Å²) in [5, 5.41) is 25.2. The minimum atomic E-state index is 0.0718. The number of anilines is 3. The van der Waals surface area contributed by atoms with Crippen molar-refractivity contribution in [3.8, 4) is 11.8 Å². The molecule has 98 valence electrons. The molecule has 0 unspecified atom stereocenters. The van der Waals surface area contributed by atoms with Gasteiger partial charge in [-0.25, -0.2) is 9.97 Å². The molecule has 3 heterocycles. The number of nitriles is 1. The van der Waals surface area contributed by atoms with Gasteiger partial charge in [0.05, 0.1) is 18.1 Å². The van der Waals surface area contributed by atoms with E-state index in [1.165, 1.54) is 23.0 Å². The molecule has 0 saturated heterocycles. The third-order valence-corrected chi connectivity index (χ3v) is 2.61. The summed E-state index contributed by atoms with van der Waals surface area (Å²) in [6, 6.07) is 6.69. The van der Waals surface area contributed by atoms with Crippen molar-refractivity contribution < 1.29 is 5.11 Å². The summed E-state index contributed by atoms with van der Waals surface area (Å²) in [6.07, 6.45) is 2.73. The van der Waals surface area contributed by atoms with E-state index in [9.17, 15) is 5.11 Å². The molecule has 0 amide bonds. The quantitative estimate of drug-likeness (QED) is 0.633. The molecular weight excluding hydrogens is 258 g/mol. The second-order valence-corrected chi connectivity index (χ2v) is 4.00. The summed E-state index contributed by atoms with van der Waals surface area (Å²) in [5.41, 5.74) is 7.03. The fraction of sp³-hybridized carbons (Fsp3) is 0. The third-order valence-electron chi connectivity index (χ3n) is 2.61. The van der Waals surface area contributed by atoms with Gasteiger partial charge < -0.3 is 16.2 Å². The number of nitrogen functional groups attached to an aromatic ring is 1. The molecule has 0 saturated carbocycles. The van der Waals surface area contributed by atoms with Gasteiger partial charge in [0.2, 0.25) is 0 Å². The van der Waals surface area contributed by atoms with Gasteiger partial charge in [-0.3, -0.25) is 0 Å². The summed E-state index contributed by atoms with van der Waals surface area (Å²) >= 11 is 0. The number of rotatable bonds is 2. The molecular formula is C12H9N7O. The van der Waals surface area contributed by atoms with Crippen molar-refractivity contribution in [2.45, 2.75) is 0 Å². The van der Waals surface area contributed by atoms with E-state index in [2.05, 4.69) is 20.4 Å². The van der Waals surface area contributed by atoms with E-state index < -0.39 is 0 Å². The minimum Gasteiger partial charge on any atom is -0.506 e. The lowest BCUT2D eigenvalue weighted by Gasteiger charge is -2.07. The zero-order chi connectivity index (χ0) is 14.1. The second-order valence-electron chi connectivity index (χ2n) is 4.00.